The van der Waals surface area contributed by atoms with E-state index in [4.69, 9.17) is 9.84 Å². The molecule has 0 fully saturated rings. The maximum Gasteiger partial charge on any atom is 0.365 e. The summed E-state index contributed by atoms with van der Waals surface area (Å²) in [5, 5.41) is 9.06. The van der Waals surface area contributed by atoms with Crippen LogP contribution >= 0.6 is 11.3 Å². The van der Waals surface area contributed by atoms with Gasteiger partial charge in [0.2, 0.25) is 5.01 Å². The highest BCUT2D eigenvalue weighted by atomic mass is 32.1. The highest BCUT2D eigenvalue weighted by Crippen LogP contribution is 2.36. The molecule has 0 saturated carbocycles. The molecule has 1 aromatic carbocycles. The van der Waals surface area contributed by atoms with Crippen LogP contribution < -0.4 is 4.74 Å². The molecule has 0 saturated heterocycles. The molecule has 1 heterocycles. The first-order valence-electron chi connectivity index (χ1n) is 5.56. The third kappa shape index (κ3) is 2.36. The standard InChI is InChI=1S/C13H13NO3S/c1-3-17-10-7-5-4-6-9(10)11-8(2)14-12(18-11)13(15)16/h4-7H,3H2,1-2H3,(H,15,16). The number of carbonyl (C=O) groups is 1. The van der Waals surface area contributed by atoms with Crippen molar-refractivity contribution in [2.24, 2.45) is 0 Å². The number of aromatic carboxylic acids is 1. The van der Waals surface area contributed by atoms with E-state index in [-0.39, 0.29) is 5.01 Å². The Kier molecular flexibility index (Phi) is 3.62. The SMILES string of the molecule is CCOc1ccccc1-c1sc(C(=O)O)nc1C. The molecule has 0 spiro atoms. The van der Waals surface area contributed by atoms with Gasteiger partial charge in [-0.05, 0) is 26.0 Å². The Morgan fingerprint density at radius 1 is 1.44 bits per heavy atom. The maximum atomic E-state index is 10.9. The first-order valence-corrected chi connectivity index (χ1v) is 6.38. The maximum absolute atomic E-state index is 10.9. The molecule has 0 bridgehead atoms. The minimum absolute atomic E-state index is 0.105. The van der Waals surface area contributed by atoms with Gasteiger partial charge in [0.05, 0.1) is 17.2 Å². The van der Waals surface area contributed by atoms with Gasteiger partial charge in [-0.15, -0.1) is 11.3 Å². The molecule has 2 aromatic rings. The van der Waals surface area contributed by atoms with Crippen molar-refractivity contribution < 1.29 is 14.6 Å². The Balaban J connectivity index is 2.51. The van der Waals surface area contributed by atoms with Gasteiger partial charge in [-0.1, -0.05) is 12.1 Å². The minimum Gasteiger partial charge on any atom is -0.493 e. The molecule has 2 rings (SSSR count). The number of thiazole rings is 1. The Morgan fingerprint density at radius 3 is 2.78 bits per heavy atom. The van der Waals surface area contributed by atoms with Gasteiger partial charge in [-0.2, -0.15) is 0 Å². The summed E-state index contributed by atoms with van der Waals surface area (Å²) < 4.78 is 5.55. The number of hydrogen-bond acceptors (Lipinski definition) is 4. The first kappa shape index (κ1) is 12.6. The number of para-hydroxylation sites is 1. The van der Waals surface area contributed by atoms with Gasteiger partial charge in [0.1, 0.15) is 5.75 Å². The first-order chi connectivity index (χ1) is 8.63. The van der Waals surface area contributed by atoms with Crippen molar-refractivity contribution in [3.8, 4) is 16.2 Å². The van der Waals surface area contributed by atoms with Gasteiger partial charge >= 0.3 is 5.97 Å². The van der Waals surface area contributed by atoms with Crippen LogP contribution in [0.15, 0.2) is 24.3 Å². The highest BCUT2D eigenvalue weighted by molar-refractivity contribution is 7.17. The number of ether oxygens (including phenoxy) is 1. The van der Waals surface area contributed by atoms with Crippen LogP contribution in [0.2, 0.25) is 0 Å². The Hall–Kier alpha value is -1.88. The van der Waals surface area contributed by atoms with E-state index in [0.717, 1.165) is 16.2 Å². The topological polar surface area (TPSA) is 59.4 Å². The van der Waals surface area contributed by atoms with E-state index in [1.54, 1.807) is 6.92 Å². The van der Waals surface area contributed by atoms with Crippen LogP contribution in [0.1, 0.15) is 22.4 Å². The lowest BCUT2D eigenvalue weighted by Gasteiger charge is -2.08. The normalized spacial score (nSPS) is 10.3. The fourth-order valence-electron chi connectivity index (χ4n) is 1.67. The molecule has 0 amide bonds. The third-order valence-electron chi connectivity index (χ3n) is 2.41. The summed E-state index contributed by atoms with van der Waals surface area (Å²) in [4.78, 5) is 15.8. The molecule has 0 aliphatic carbocycles. The number of benzene rings is 1. The molecule has 0 radical (unpaired) electrons. The number of rotatable bonds is 4. The second-order valence-corrected chi connectivity index (χ2v) is 4.67. The zero-order valence-corrected chi connectivity index (χ0v) is 11.0. The number of aryl methyl sites for hydroxylation is 1. The van der Waals surface area contributed by atoms with Crippen molar-refractivity contribution in [2.75, 3.05) is 6.61 Å². The van der Waals surface area contributed by atoms with E-state index >= 15 is 0 Å². The number of hydrogen-bond donors (Lipinski definition) is 1. The van der Waals surface area contributed by atoms with E-state index in [1.807, 2.05) is 31.2 Å². The van der Waals surface area contributed by atoms with Crippen LogP contribution in [0.25, 0.3) is 10.4 Å². The van der Waals surface area contributed by atoms with Crippen LogP contribution in [-0.2, 0) is 0 Å². The molecule has 5 heteroatoms. The molecule has 18 heavy (non-hydrogen) atoms. The molecule has 4 nitrogen and oxygen atoms in total. The Labute approximate surface area is 109 Å². The third-order valence-corrected chi connectivity index (χ3v) is 3.59. The lowest BCUT2D eigenvalue weighted by Crippen LogP contribution is -1.93. The molecule has 0 unspecified atom stereocenters. The van der Waals surface area contributed by atoms with Gasteiger partial charge in [-0.3, -0.25) is 0 Å². The van der Waals surface area contributed by atoms with Gasteiger partial charge in [0.15, 0.2) is 0 Å². The fraction of sp³-hybridized carbons (Fsp3) is 0.231. The largest absolute Gasteiger partial charge is 0.493 e. The van der Waals surface area contributed by atoms with Gasteiger partial charge in [0.25, 0.3) is 0 Å². The van der Waals surface area contributed by atoms with Crippen molar-refractivity contribution in [1.29, 1.82) is 0 Å². The molecule has 0 aliphatic heterocycles. The van der Waals surface area contributed by atoms with E-state index in [9.17, 15) is 4.79 Å². The highest BCUT2D eigenvalue weighted by Gasteiger charge is 2.16. The van der Waals surface area contributed by atoms with Crippen LogP contribution in [0.4, 0.5) is 0 Å². The second kappa shape index (κ2) is 5.18. The molecule has 94 valence electrons. The Bertz CT molecular complexity index is 577. The summed E-state index contributed by atoms with van der Waals surface area (Å²) in [5.41, 5.74) is 1.60. The number of aromatic nitrogens is 1. The molecular formula is C13H13NO3S. The molecular weight excluding hydrogens is 250 g/mol. The Morgan fingerprint density at radius 2 is 2.17 bits per heavy atom. The summed E-state index contributed by atoms with van der Waals surface area (Å²) in [6.07, 6.45) is 0. The average molecular weight is 263 g/mol. The lowest BCUT2D eigenvalue weighted by molar-refractivity contribution is 0.0696. The van der Waals surface area contributed by atoms with Crippen LogP contribution in [0.3, 0.4) is 0 Å². The molecule has 0 atom stereocenters. The summed E-state index contributed by atoms with van der Waals surface area (Å²) >= 11 is 1.17. The van der Waals surface area contributed by atoms with Crippen molar-refractivity contribution in [1.82, 2.24) is 4.98 Å². The number of nitrogens with zero attached hydrogens (tertiary/aromatic N) is 1. The van der Waals surface area contributed by atoms with Crippen LogP contribution in [0, 0.1) is 6.92 Å². The average Bonchev–Trinajstić information content (AvgIpc) is 2.73. The minimum atomic E-state index is -0.997. The van der Waals surface area contributed by atoms with Gasteiger partial charge in [-0.25, -0.2) is 9.78 Å². The zero-order valence-electron chi connectivity index (χ0n) is 10.1. The number of carboxylic acid groups (broad SMARTS) is 1. The summed E-state index contributed by atoms with van der Waals surface area (Å²) in [6.45, 7) is 4.29. The van der Waals surface area contributed by atoms with E-state index in [0.29, 0.717) is 12.3 Å². The monoisotopic (exact) mass is 263 g/mol. The van der Waals surface area contributed by atoms with Crippen molar-refractivity contribution >= 4 is 17.3 Å². The van der Waals surface area contributed by atoms with Gasteiger partial charge < -0.3 is 9.84 Å². The summed E-state index contributed by atoms with van der Waals surface area (Å²) in [5.74, 6) is -0.244. The predicted octanol–water partition coefficient (Wildman–Crippen LogP) is 3.22. The van der Waals surface area contributed by atoms with E-state index < -0.39 is 5.97 Å². The van der Waals surface area contributed by atoms with Gasteiger partial charge in [0, 0.05) is 5.56 Å². The zero-order chi connectivity index (χ0) is 13.1. The summed E-state index contributed by atoms with van der Waals surface area (Å²) in [6, 6.07) is 7.58. The molecule has 1 aromatic heterocycles. The lowest BCUT2D eigenvalue weighted by atomic mass is 10.1. The van der Waals surface area contributed by atoms with Crippen molar-refractivity contribution in [2.45, 2.75) is 13.8 Å². The van der Waals surface area contributed by atoms with E-state index in [2.05, 4.69) is 4.98 Å². The van der Waals surface area contributed by atoms with Crippen LogP contribution in [-0.4, -0.2) is 22.7 Å². The second-order valence-electron chi connectivity index (χ2n) is 3.67. The quantitative estimate of drug-likeness (QED) is 0.920. The summed E-state index contributed by atoms with van der Waals surface area (Å²) in [7, 11) is 0. The smallest absolute Gasteiger partial charge is 0.365 e. The van der Waals surface area contributed by atoms with E-state index in [1.165, 1.54) is 11.3 Å². The predicted molar refractivity (Wildman–Crippen MR) is 70.4 cm³/mol. The van der Waals surface area contributed by atoms with Crippen molar-refractivity contribution in [3.05, 3.63) is 35.0 Å². The fourth-order valence-corrected chi connectivity index (χ4v) is 2.61. The molecule has 1 N–H and O–H groups in total. The molecule has 0 aliphatic rings. The van der Waals surface area contributed by atoms with Crippen molar-refractivity contribution in [3.63, 3.8) is 0 Å². The van der Waals surface area contributed by atoms with Crippen LogP contribution in [0.5, 0.6) is 5.75 Å². The number of carboxylic acids is 1.